The molecule has 0 aliphatic carbocycles. The van der Waals surface area contributed by atoms with Gasteiger partial charge in [0, 0.05) is 44.7 Å². The summed E-state index contributed by atoms with van der Waals surface area (Å²) in [5.41, 5.74) is 1.49. The fourth-order valence-corrected chi connectivity index (χ4v) is 6.10. The van der Waals surface area contributed by atoms with E-state index in [-0.39, 0.29) is 43.3 Å². The van der Waals surface area contributed by atoms with E-state index in [0.29, 0.717) is 25.5 Å². The topological polar surface area (TPSA) is 118 Å². The van der Waals surface area contributed by atoms with E-state index in [0.717, 1.165) is 27.5 Å². The van der Waals surface area contributed by atoms with Crippen molar-refractivity contribution in [2.45, 2.75) is 97.9 Å². The summed E-state index contributed by atoms with van der Waals surface area (Å²) in [7, 11) is 0. The van der Waals surface area contributed by atoms with Crippen LogP contribution in [0.15, 0.2) is 97.1 Å². The van der Waals surface area contributed by atoms with E-state index in [1.807, 2.05) is 132 Å². The first-order valence-electron chi connectivity index (χ1n) is 18.4. The van der Waals surface area contributed by atoms with Crippen LogP contribution in [0, 0.1) is 0 Å². The van der Waals surface area contributed by atoms with Crippen LogP contribution in [0.3, 0.4) is 0 Å². The first kappa shape index (κ1) is 40.8. The SMILES string of the molecule is CCOC(CN(Cc1cccc2ccccc12)C(=O)[C@H](Cc1ccc(OC(C)(C)C)cc1)NC(=O)CC(C)(C)NC(=O)NCc1ccccc1)OCC. The van der Waals surface area contributed by atoms with Gasteiger partial charge in [-0.15, -0.1) is 0 Å². The molecule has 4 aromatic rings. The third-order valence-corrected chi connectivity index (χ3v) is 8.40. The van der Waals surface area contributed by atoms with Crippen LogP contribution in [0.1, 0.15) is 71.6 Å². The van der Waals surface area contributed by atoms with Gasteiger partial charge < -0.3 is 35.1 Å². The van der Waals surface area contributed by atoms with Gasteiger partial charge in [0.25, 0.3) is 0 Å². The van der Waals surface area contributed by atoms with Crippen molar-refractivity contribution >= 4 is 28.6 Å². The molecule has 3 N–H and O–H groups in total. The highest BCUT2D eigenvalue weighted by Crippen LogP contribution is 2.23. The Kier molecular flexibility index (Phi) is 14.8. The predicted octanol–water partition coefficient (Wildman–Crippen LogP) is 7.14. The second-order valence-electron chi connectivity index (χ2n) is 14.7. The summed E-state index contributed by atoms with van der Waals surface area (Å²) in [4.78, 5) is 43.1. The number of urea groups is 1. The number of nitrogens with one attached hydrogen (secondary N) is 3. The van der Waals surface area contributed by atoms with Crippen molar-refractivity contribution < 1.29 is 28.6 Å². The molecule has 284 valence electrons. The lowest BCUT2D eigenvalue weighted by molar-refractivity contribution is -0.161. The zero-order valence-electron chi connectivity index (χ0n) is 32.2. The highest BCUT2D eigenvalue weighted by atomic mass is 16.7. The van der Waals surface area contributed by atoms with Crippen molar-refractivity contribution in [3.63, 3.8) is 0 Å². The summed E-state index contributed by atoms with van der Waals surface area (Å²) >= 11 is 0. The second kappa shape index (κ2) is 19.2. The number of benzene rings is 4. The van der Waals surface area contributed by atoms with Crippen LogP contribution < -0.4 is 20.7 Å². The summed E-state index contributed by atoms with van der Waals surface area (Å²) < 4.78 is 17.8. The monoisotopic (exact) mass is 724 g/mol. The summed E-state index contributed by atoms with van der Waals surface area (Å²) in [5.74, 6) is 0.0538. The molecule has 53 heavy (non-hydrogen) atoms. The number of carbonyl (C=O) groups excluding carboxylic acids is 3. The number of ether oxygens (including phenoxy) is 3. The number of nitrogens with zero attached hydrogens (tertiary/aromatic N) is 1. The van der Waals surface area contributed by atoms with E-state index in [2.05, 4.69) is 16.0 Å². The third-order valence-electron chi connectivity index (χ3n) is 8.40. The van der Waals surface area contributed by atoms with Crippen LogP contribution in [0.2, 0.25) is 0 Å². The summed E-state index contributed by atoms with van der Waals surface area (Å²) in [6.07, 6.45) is -0.490. The lowest BCUT2D eigenvalue weighted by Crippen LogP contribution is -2.54. The zero-order chi connectivity index (χ0) is 38.4. The fraction of sp³-hybridized carbons (Fsp3) is 0.419. The van der Waals surface area contributed by atoms with Gasteiger partial charge in [0.15, 0.2) is 6.29 Å². The molecule has 0 aliphatic rings. The number of carbonyl (C=O) groups is 3. The Morgan fingerprint density at radius 1 is 0.755 bits per heavy atom. The smallest absolute Gasteiger partial charge is 0.315 e. The Balaban J connectivity index is 1.59. The van der Waals surface area contributed by atoms with Gasteiger partial charge in [0.1, 0.15) is 17.4 Å². The van der Waals surface area contributed by atoms with E-state index >= 15 is 0 Å². The molecule has 0 spiro atoms. The van der Waals surface area contributed by atoms with Gasteiger partial charge >= 0.3 is 6.03 Å². The van der Waals surface area contributed by atoms with Crippen molar-refractivity contribution in [1.29, 1.82) is 0 Å². The van der Waals surface area contributed by atoms with E-state index in [4.69, 9.17) is 14.2 Å². The average molecular weight is 725 g/mol. The summed E-state index contributed by atoms with van der Waals surface area (Å²) in [5, 5.41) is 10.9. The molecule has 1 atom stereocenters. The maximum Gasteiger partial charge on any atom is 0.315 e. The zero-order valence-corrected chi connectivity index (χ0v) is 32.2. The number of amides is 4. The summed E-state index contributed by atoms with van der Waals surface area (Å²) in [6, 6.07) is 29.9. The minimum atomic E-state index is -0.932. The molecule has 0 radical (unpaired) electrons. The number of rotatable bonds is 18. The fourth-order valence-electron chi connectivity index (χ4n) is 6.10. The molecule has 0 bridgehead atoms. The number of hydrogen-bond donors (Lipinski definition) is 3. The molecule has 0 saturated carbocycles. The van der Waals surface area contributed by atoms with Crippen molar-refractivity contribution in [3.8, 4) is 5.75 Å². The molecular weight excluding hydrogens is 668 g/mol. The highest BCUT2D eigenvalue weighted by molar-refractivity contribution is 5.90. The van der Waals surface area contributed by atoms with Crippen molar-refractivity contribution in [2.75, 3.05) is 19.8 Å². The lowest BCUT2D eigenvalue weighted by atomic mass is 9.98. The van der Waals surface area contributed by atoms with Gasteiger partial charge in [-0.3, -0.25) is 9.59 Å². The average Bonchev–Trinajstić information content (AvgIpc) is 3.10. The highest BCUT2D eigenvalue weighted by Gasteiger charge is 2.32. The molecule has 0 fully saturated rings. The van der Waals surface area contributed by atoms with Gasteiger partial charge in [-0.05, 0) is 88.1 Å². The Bertz CT molecular complexity index is 1760. The molecule has 0 heterocycles. The Morgan fingerprint density at radius 3 is 2.06 bits per heavy atom. The standard InChI is InChI=1S/C43H56N4O6/c1-8-51-39(52-9-2)30-47(29-34-20-15-19-33-18-13-14-21-36(33)34)40(49)37(26-31-22-24-35(25-23-31)53-42(3,4)5)45-38(48)27-43(6,7)46-41(50)44-28-32-16-11-10-12-17-32/h10-25,37,39H,8-9,26-30H2,1-7H3,(H,45,48)(H2,44,46,50)/t37-/m0/s1. The maximum absolute atomic E-state index is 14.8. The van der Waals surface area contributed by atoms with E-state index in [1.54, 1.807) is 18.7 Å². The molecule has 4 rings (SSSR count). The summed E-state index contributed by atoms with van der Waals surface area (Å²) in [6.45, 7) is 14.9. The van der Waals surface area contributed by atoms with Gasteiger partial charge in [-0.1, -0.05) is 84.9 Å². The number of fused-ring (bicyclic) bond motifs is 1. The van der Waals surface area contributed by atoms with Crippen LogP contribution in [-0.4, -0.2) is 66.0 Å². The molecule has 0 unspecified atom stereocenters. The van der Waals surface area contributed by atoms with Gasteiger partial charge in [0.2, 0.25) is 11.8 Å². The molecule has 0 aromatic heterocycles. The largest absolute Gasteiger partial charge is 0.488 e. The van der Waals surface area contributed by atoms with Crippen LogP contribution in [0.5, 0.6) is 5.75 Å². The van der Waals surface area contributed by atoms with Crippen LogP contribution in [0.4, 0.5) is 4.79 Å². The van der Waals surface area contributed by atoms with Gasteiger partial charge in [-0.25, -0.2) is 4.79 Å². The Morgan fingerprint density at radius 2 is 1.40 bits per heavy atom. The first-order valence-corrected chi connectivity index (χ1v) is 18.4. The quantitative estimate of drug-likeness (QED) is 0.0940. The van der Waals surface area contributed by atoms with Crippen molar-refractivity contribution in [3.05, 3.63) is 114 Å². The van der Waals surface area contributed by atoms with E-state index < -0.39 is 23.9 Å². The minimum Gasteiger partial charge on any atom is -0.488 e. The Labute approximate surface area is 314 Å². The predicted molar refractivity (Wildman–Crippen MR) is 209 cm³/mol. The number of hydrogen-bond acceptors (Lipinski definition) is 6. The molecule has 0 aliphatic heterocycles. The molecular formula is C43H56N4O6. The Hall–Kier alpha value is -4.93. The molecule has 0 saturated heterocycles. The maximum atomic E-state index is 14.8. The molecule has 10 nitrogen and oxygen atoms in total. The molecule has 10 heteroatoms. The minimum absolute atomic E-state index is 0.0578. The van der Waals surface area contributed by atoms with E-state index in [1.165, 1.54) is 0 Å². The lowest BCUT2D eigenvalue weighted by Gasteiger charge is -2.32. The van der Waals surface area contributed by atoms with Crippen molar-refractivity contribution in [1.82, 2.24) is 20.9 Å². The molecule has 4 amide bonds. The normalized spacial score (nSPS) is 12.3. The first-order chi connectivity index (χ1) is 25.2. The van der Waals surface area contributed by atoms with E-state index in [9.17, 15) is 14.4 Å². The van der Waals surface area contributed by atoms with Crippen molar-refractivity contribution in [2.24, 2.45) is 0 Å². The van der Waals surface area contributed by atoms with Crippen LogP contribution in [-0.2, 0) is 38.6 Å². The van der Waals surface area contributed by atoms with Gasteiger partial charge in [0.05, 0.1) is 6.54 Å². The second-order valence-corrected chi connectivity index (χ2v) is 14.7. The van der Waals surface area contributed by atoms with Crippen LogP contribution >= 0.6 is 0 Å². The third kappa shape index (κ3) is 13.5. The van der Waals surface area contributed by atoms with Crippen LogP contribution in [0.25, 0.3) is 10.8 Å². The van der Waals surface area contributed by atoms with Gasteiger partial charge in [-0.2, -0.15) is 0 Å². The molecule has 4 aromatic carbocycles.